The van der Waals surface area contributed by atoms with E-state index in [1.807, 2.05) is 29.1 Å². The predicted octanol–water partition coefficient (Wildman–Crippen LogP) is 2.41. The number of unbranched alkanes of at least 4 members (excludes halogenated alkanes) is 1. The number of hydrogen-bond acceptors (Lipinski definition) is 2. The molecule has 2 rings (SSSR count). The van der Waals surface area contributed by atoms with Crippen molar-refractivity contribution in [1.82, 2.24) is 14.5 Å². The van der Waals surface area contributed by atoms with Gasteiger partial charge in [0.05, 0.1) is 0 Å². The van der Waals surface area contributed by atoms with Gasteiger partial charge < -0.3 is 9.55 Å². The lowest BCUT2D eigenvalue weighted by Crippen LogP contribution is -1.93. The van der Waals surface area contributed by atoms with Gasteiger partial charge in [-0.1, -0.05) is 13.3 Å². The van der Waals surface area contributed by atoms with Gasteiger partial charge in [-0.15, -0.1) is 0 Å². The number of nitrogens with one attached hydrogen (secondary N) is 1. The normalized spacial score (nSPS) is 10.2. The first kappa shape index (κ1) is 10.5. The molecule has 16 heavy (non-hydrogen) atoms. The topological polar surface area (TPSA) is 57.4 Å². The molecule has 2 aromatic rings. The number of rotatable bonds is 4. The Morgan fingerprint density at radius 2 is 2.19 bits per heavy atom. The fourth-order valence-electron chi connectivity index (χ4n) is 1.62. The van der Waals surface area contributed by atoms with Crippen molar-refractivity contribution in [2.24, 2.45) is 0 Å². The molecule has 0 amide bonds. The van der Waals surface area contributed by atoms with Gasteiger partial charge in [-0.2, -0.15) is 5.26 Å². The van der Waals surface area contributed by atoms with E-state index in [9.17, 15) is 0 Å². The number of hydrogen-bond donors (Lipinski definition) is 1. The second-order valence-corrected chi connectivity index (χ2v) is 3.69. The minimum Gasteiger partial charge on any atom is -0.332 e. The summed E-state index contributed by atoms with van der Waals surface area (Å²) < 4.78 is 1.85. The smallest absolute Gasteiger partial charge is 0.173 e. The van der Waals surface area contributed by atoms with Gasteiger partial charge in [0.25, 0.3) is 0 Å². The lowest BCUT2D eigenvalue weighted by molar-refractivity contribution is 0.760. The zero-order valence-electron chi connectivity index (χ0n) is 9.27. The summed E-state index contributed by atoms with van der Waals surface area (Å²) in [6.07, 6.45) is 6.89. The van der Waals surface area contributed by atoms with Gasteiger partial charge in [0.15, 0.2) is 11.5 Å². The standard InChI is InChI=1S/C12H14N4/c1-2-3-6-11-14-10(9-13)12(15-11)16-7-4-5-8-16/h4-5,7-8H,2-3,6H2,1H3,(H,14,15). The molecule has 0 aliphatic heterocycles. The minimum atomic E-state index is 0.530. The Balaban J connectivity index is 2.31. The Kier molecular flexibility index (Phi) is 3.06. The largest absolute Gasteiger partial charge is 0.332 e. The zero-order chi connectivity index (χ0) is 11.4. The van der Waals surface area contributed by atoms with Crippen molar-refractivity contribution >= 4 is 0 Å². The molecule has 2 heterocycles. The monoisotopic (exact) mass is 214 g/mol. The summed E-state index contributed by atoms with van der Waals surface area (Å²) in [5.74, 6) is 1.58. The summed E-state index contributed by atoms with van der Waals surface area (Å²) in [5.41, 5.74) is 0.530. The molecule has 0 saturated heterocycles. The third-order valence-electron chi connectivity index (χ3n) is 2.46. The Labute approximate surface area is 94.6 Å². The summed E-state index contributed by atoms with van der Waals surface area (Å²) in [5, 5.41) is 9.02. The van der Waals surface area contributed by atoms with Crippen LogP contribution in [0.2, 0.25) is 0 Å². The van der Waals surface area contributed by atoms with Crippen LogP contribution in [0.3, 0.4) is 0 Å². The molecule has 2 aromatic heterocycles. The fourth-order valence-corrected chi connectivity index (χ4v) is 1.62. The van der Waals surface area contributed by atoms with Gasteiger partial charge >= 0.3 is 0 Å². The number of nitriles is 1. The van der Waals surface area contributed by atoms with Crippen molar-refractivity contribution in [3.05, 3.63) is 36.0 Å². The average molecular weight is 214 g/mol. The van der Waals surface area contributed by atoms with E-state index >= 15 is 0 Å². The molecule has 0 atom stereocenters. The first-order valence-electron chi connectivity index (χ1n) is 5.47. The van der Waals surface area contributed by atoms with Crippen LogP contribution in [0.1, 0.15) is 31.3 Å². The average Bonchev–Trinajstić information content (AvgIpc) is 2.94. The molecule has 0 fully saturated rings. The van der Waals surface area contributed by atoms with Crippen molar-refractivity contribution in [2.45, 2.75) is 26.2 Å². The quantitative estimate of drug-likeness (QED) is 0.849. The Morgan fingerprint density at radius 3 is 2.81 bits per heavy atom. The maximum atomic E-state index is 9.02. The highest BCUT2D eigenvalue weighted by atomic mass is 15.1. The second kappa shape index (κ2) is 4.67. The number of aryl methyl sites for hydroxylation is 1. The Bertz CT molecular complexity index is 488. The van der Waals surface area contributed by atoms with E-state index in [2.05, 4.69) is 23.0 Å². The highest BCUT2D eigenvalue weighted by molar-refractivity contribution is 5.39. The number of H-pyrrole nitrogens is 1. The minimum absolute atomic E-state index is 0.530. The summed E-state index contributed by atoms with van der Waals surface area (Å²) in [6.45, 7) is 2.14. The molecule has 0 saturated carbocycles. The van der Waals surface area contributed by atoms with E-state index in [0.717, 1.165) is 25.1 Å². The molecule has 0 unspecified atom stereocenters. The van der Waals surface area contributed by atoms with Crippen LogP contribution in [0.4, 0.5) is 0 Å². The van der Waals surface area contributed by atoms with E-state index in [1.54, 1.807) is 0 Å². The highest BCUT2D eigenvalue weighted by Gasteiger charge is 2.10. The molecular formula is C12H14N4. The molecule has 0 spiro atoms. The maximum absolute atomic E-state index is 9.02. The number of aromatic nitrogens is 3. The first-order valence-corrected chi connectivity index (χ1v) is 5.47. The van der Waals surface area contributed by atoms with E-state index in [0.29, 0.717) is 11.5 Å². The van der Waals surface area contributed by atoms with Crippen molar-refractivity contribution in [3.8, 4) is 11.9 Å². The third-order valence-corrected chi connectivity index (χ3v) is 2.46. The van der Waals surface area contributed by atoms with Gasteiger partial charge in [0.1, 0.15) is 11.9 Å². The van der Waals surface area contributed by atoms with Crippen LogP contribution in [0.15, 0.2) is 24.5 Å². The SMILES string of the molecule is CCCCc1nc(-n2cccc2)c(C#N)[nH]1. The summed E-state index contributed by atoms with van der Waals surface area (Å²) >= 11 is 0. The van der Waals surface area contributed by atoms with Crippen LogP contribution in [0.25, 0.3) is 5.82 Å². The van der Waals surface area contributed by atoms with Crippen LogP contribution in [0, 0.1) is 11.3 Å². The summed E-state index contributed by atoms with van der Waals surface area (Å²) in [7, 11) is 0. The Hall–Kier alpha value is -2.02. The second-order valence-electron chi connectivity index (χ2n) is 3.69. The van der Waals surface area contributed by atoms with Gasteiger partial charge in [-0.3, -0.25) is 0 Å². The molecule has 0 aliphatic carbocycles. The molecule has 82 valence electrons. The molecular weight excluding hydrogens is 200 g/mol. The van der Waals surface area contributed by atoms with E-state index in [-0.39, 0.29) is 0 Å². The van der Waals surface area contributed by atoms with Crippen molar-refractivity contribution in [3.63, 3.8) is 0 Å². The van der Waals surface area contributed by atoms with Gasteiger partial charge in [-0.05, 0) is 18.6 Å². The highest BCUT2D eigenvalue weighted by Crippen LogP contribution is 2.12. The lowest BCUT2D eigenvalue weighted by atomic mass is 10.2. The van der Waals surface area contributed by atoms with Crippen molar-refractivity contribution < 1.29 is 0 Å². The van der Waals surface area contributed by atoms with Gasteiger partial charge in [0, 0.05) is 18.8 Å². The van der Waals surface area contributed by atoms with Gasteiger partial charge in [0.2, 0.25) is 0 Å². The molecule has 4 heteroatoms. The van der Waals surface area contributed by atoms with Crippen LogP contribution >= 0.6 is 0 Å². The molecule has 0 aromatic carbocycles. The molecule has 0 aliphatic rings. The van der Waals surface area contributed by atoms with Crippen LogP contribution < -0.4 is 0 Å². The first-order chi connectivity index (χ1) is 7.85. The Morgan fingerprint density at radius 1 is 1.44 bits per heavy atom. The molecule has 0 radical (unpaired) electrons. The van der Waals surface area contributed by atoms with Gasteiger partial charge in [-0.25, -0.2) is 4.98 Å². The zero-order valence-corrected chi connectivity index (χ0v) is 9.27. The molecule has 0 bridgehead atoms. The lowest BCUT2D eigenvalue weighted by Gasteiger charge is -1.96. The number of aromatic amines is 1. The fraction of sp³-hybridized carbons (Fsp3) is 0.333. The molecule has 4 nitrogen and oxygen atoms in total. The summed E-state index contributed by atoms with van der Waals surface area (Å²) in [6, 6.07) is 5.98. The van der Waals surface area contributed by atoms with E-state index < -0.39 is 0 Å². The maximum Gasteiger partial charge on any atom is 0.173 e. The van der Waals surface area contributed by atoms with Crippen LogP contribution in [0.5, 0.6) is 0 Å². The molecule has 1 N–H and O–H groups in total. The number of nitrogens with zero attached hydrogens (tertiary/aromatic N) is 3. The van der Waals surface area contributed by atoms with Crippen molar-refractivity contribution in [1.29, 1.82) is 5.26 Å². The predicted molar refractivity (Wildman–Crippen MR) is 61.2 cm³/mol. The van der Waals surface area contributed by atoms with E-state index in [1.165, 1.54) is 0 Å². The third kappa shape index (κ3) is 1.98. The van der Waals surface area contributed by atoms with Crippen molar-refractivity contribution in [2.75, 3.05) is 0 Å². The van der Waals surface area contributed by atoms with Crippen LogP contribution in [-0.4, -0.2) is 14.5 Å². The summed E-state index contributed by atoms with van der Waals surface area (Å²) in [4.78, 5) is 7.51. The number of imidazole rings is 1. The van der Waals surface area contributed by atoms with Crippen LogP contribution in [-0.2, 0) is 6.42 Å². The van der Waals surface area contributed by atoms with E-state index in [4.69, 9.17) is 5.26 Å².